The lowest BCUT2D eigenvalue weighted by Gasteiger charge is -2.13. The first-order valence-corrected chi connectivity index (χ1v) is 5.91. The number of hydrazone groups is 1. The Morgan fingerprint density at radius 2 is 1.90 bits per heavy atom. The van der Waals surface area contributed by atoms with Gasteiger partial charge in [0.05, 0.1) is 15.9 Å². The summed E-state index contributed by atoms with van der Waals surface area (Å²) in [4.78, 5) is 20.1. The third-order valence-electron chi connectivity index (χ3n) is 2.37. The maximum Gasteiger partial charge on any atom is 0.301 e. The number of nitro groups is 2. The molecule has 0 aliphatic heterocycles. The maximum absolute atomic E-state index is 10.9. The molecular weight excluding hydrogens is 264 g/mol. The Balaban J connectivity index is 2.90. The van der Waals surface area contributed by atoms with Crippen molar-refractivity contribution in [1.29, 1.82) is 0 Å². The van der Waals surface area contributed by atoms with Crippen LogP contribution in [0.1, 0.15) is 27.2 Å². The maximum atomic E-state index is 10.9. The van der Waals surface area contributed by atoms with E-state index in [2.05, 4.69) is 10.5 Å². The van der Waals surface area contributed by atoms with Gasteiger partial charge in [-0.25, -0.2) is 0 Å². The summed E-state index contributed by atoms with van der Waals surface area (Å²) < 4.78 is 0. The van der Waals surface area contributed by atoms with Crippen LogP contribution in [0.2, 0.25) is 0 Å². The molecule has 108 valence electrons. The Morgan fingerprint density at radius 3 is 2.40 bits per heavy atom. The third-order valence-corrected chi connectivity index (χ3v) is 2.37. The van der Waals surface area contributed by atoms with Crippen LogP contribution >= 0.6 is 0 Å². The fourth-order valence-electron chi connectivity index (χ4n) is 1.31. The normalized spacial score (nSPS) is 11.6. The molecule has 0 aliphatic carbocycles. The SMILES string of the molecule is CC(C)(C)CC=NNc1ccc([N+](=O)[O-])cc1[N+](=O)[O-]. The second-order valence-corrected chi connectivity index (χ2v) is 5.40. The molecule has 1 aromatic rings. The molecule has 0 unspecified atom stereocenters. The number of nitro benzene ring substituents is 2. The molecule has 8 heteroatoms. The van der Waals surface area contributed by atoms with Crippen LogP contribution in [-0.2, 0) is 0 Å². The Labute approximate surface area is 115 Å². The average molecular weight is 280 g/mol. The number of rotatable bonds is 5. The number of non-ortho nitro benzene ring substituents is 1. The van der Waals surface area contributed by atoms with E-state index in [1.54, 1.807) is 6.21 Å². The second-order valence-electron chi connectivity index (χ2n) is 5.40. The minimum absolute atomic E-state index is 0.0621. The van der Waals surface area contributed by atoms with Gasteiger partial charge in [0.25, 0.3) is 5.69 Å². The van der Waals surface area contributed by atoms with Gasteiger partial charge >= 0.3 is 5.69 Å². The van der Waals surface area contributed by atoms with Crippen LogP contribution in [0.25, 0.3) is 0 Å². The van der Waals surface area contributed by atoms with Gasteiger partial charge in [-0.15, -0.1) is 0 Å². The van der Waals surface area contributed by atoms with Crippen molar-refractivity contribution in [3.63, 3.8) is 0 Å². The van der Waals surface area contributed by atoms with Crippen molar-refractivity contribution >= 4 is 23.3 Å². The summed E-state index contributed by atoms with van der Waals surface area (Å²) in [5.74, 6) is 0. The Bertz CT molecular complexity index is 549. The molecule has 20 heavy (non-hydrogen) atoms. The summed E-state index contributed by atoms with van der Waals surface area (Å²) >= 11 is 0. The van der Waals surface area contributed by atoms with Gasteiger partial charge in [0, 0.05) is 12.3 Å². The van der Waals surface area contributed by atoms with Gasteiger partial charge in [0.1, 0.15) is 5.69 Å². The number of hydrogen-bond donors (Lipinski definition) is 1. The highest BCUT2D eigenvalue weighted by molar-refractivity contribution is 5.67. The van der Waals surface area contributed by atoms with E-state index < -0.39 is 9.85 Å². The molecule has 0 bridgehead atoms. The molecule has 0 saturated carbocycles. The van der Waals surface area contributed by atoms with Gasteiger partial charge in [-0.3, -0.25) is 25.7 Å². The quantitative estimate of drug-likeness (QED) is 0.505. The molecule has 1 N–H and O–H groups in total. The first-order chi connectivity index (χ1) is 9.20. The van der Waals surface area contributed by atoms with Gasteiger partial charge in [-0.1, -0.05) is 20.8 Å². The number of anilines is 1. The van der Waals surface area contributed by atoms with Gasteiger partial charge < -0.3 is 0 Å². The van der Waals surface area contributed by atoms with Crippen molar-refractivity contribution in [3.8, 4) is 0 Å². The van der Waals surface area contributed by atoms with E-state index in [-0.39, 0.29) is 22.5 Å². The number of nitrogens with zero attached hydrogens (tertiary/aromatic N) is 3. The highest BCUT2D eigenvalue weighted by atomic mass is 16.6. The van der Waals surface area contributed by atoms with Gasteiger partial charge in [0.15, 0.2) is 0 Å². The third kappa shape index (κ3) is 4.63. The zero-order chi connectivity index (χ0) is 15.3. The van der Waals surface area contributed by atoms with Crippen LogP contribution in [0.4, 0.5) is 17.1 Å². The molecule has 0 fully saturated rings. The van der Waals surface area contributed by atoms with E-state index in [9.17, 15) is 20.2 Å². The zero-order valence-corrected chi connectivity index (χ0v) is 11.5. The fraction of sp³-hybridized carbons (Fsp3) is 0.417. The molecule has 0 radical (unpaired) electrons. The highest BCUT2D eigenvalue weighted by Gasteiger charge is 2.19. The van der Waals surface area contributed by atoms with Crippen molar-refractivity contribution in [2.75, 3.05) is 5.43 Å². The average Bonchev–Trinajstić information content (AvgIpc) is 2.33. The van der Waals surface area contributed by atoms with E-state index in [0.29, 0.717) is 6.42 Å². The van der Waals surface area contributed by atoms with Crippen LogP contribution in [0.15, 0.2) is 23.3 Å². The van der Waals surface area contributed by atoms with Crippen molar-refractivity contribution in [2.45, 2.75) is 27.2 Å². The fourth-order valence-corrected chi connectivity index (χ4v) is 1.31. The molecule has 0 aromatic heterocycles. The van der Waals surface area contributed by atoms with E-state index in [0.717, 1.165) is 6.07 Å². The highest BCUT2D eigenvalue weighted by Crippen LogP contribution is 2.28. The van der Waals surface area contributed by atoms with Gasteiger partial charge in [-0.05, 0) is 17.9 Å². The summed E-state index contributed by atoms with van der Waals surface area (Å²) in [6.07, 6.45) is 2.31. The molecule has 0 spiro atoms. The van der Waals surface area contributed by atoms with E-state index in [1.807, 2.05) is 20.8 Å². The minimum atomic E-state index is -0.686. The lowest BCUT2D eigenvalue weighted by molar-refractivity contribution is -0.393. The number of benzene rings is 1. The molecule has 8 nitrogen and oxygen atoms in total. The van der Waals surface area contributed by atoms with Crippen LogP contribution in [0.3, 0.4) is 0 Å². The Morgan fingerprint density at radius 1 is 1.25 bits per heavy atom. The standard InChI is InChI=1S/C12H16N4O4/c1-12(2,3)6-7-13-14-10-5-4-9(15(17)18)8-11(10)16(19)20/h4-5,7-8,14H,6H2,1-3H3. The largest absolute Gasteiger partial charge is 0.301 e. The predicted octanol–water partition coefficient (Wildman–Crippen LogP) is 3.34. The van der Waals surface area contributed by atoms with Crippen molar-refractivity contribution in [3.05, 3.63) is 38.4 Å². The number of nitrogens with one attached hydrogen (secondary N) is 1. The van der Waals surface area contributed by atoms with E-state index in [1.165, 1.54) is 12.1 Å². The molecule has 0 heterocycles. The first-order valence-electron chi connectivity index (χ1n) is 5.91. The van der Waals surface area contributed by atoms with E-state index >= 15 is 0 Å². The van der Waals surface area contributed by atoms with Gasteiger partial charge in [-0.2, -0.15) is 5.10 Å². The minimum Gasteiger partial charge on any atom is -0.272 e. The lowest BCUT2D eigenvalue weighted by Crippen LogP contribution is -2.06. The van der Waals surface area contributed by atoms with Crippen LogP contribution in [0, 0.1) is 25.6 Å². The van der Waals surface area contributed by atoms with Crippen LogP contribution < -0.4 is 5.43 Å². The molecular formula is C12H16N4O4. The van der Waals surface area contributed by atoms with Crippen molar-refractivity contribution < 1.29 is 9.85 Å². The molecule has 0 saturated heterocycles. The summed E-state index contributed by atoms with van der Waals surface area (Å²) in [5, 5.41) is 25.4. The van der Waals surface area contributed by atoms with Crippen molar-refractivity contribution in [2.24, 2.45) is 10.5 Å². The monoisotopic (exact) mass is 280 g/mol. The smallest absolute Gasteiger partial charge is 0.272 e. The van der Waals surface area contributed by atoms with Gasteiger partial charge in [0.2, 0.25) is 0 Å². The van der Waals surface area contributed by atoms with Crippen LogP contribution in [0.5, 0.6) is 0 Å². The Hall–Kier alpha value is -2.51. The predicted molar refractivity (Wildman–Crippen MR) is 75.9 cm³/mol. The van der Waals surface area contributed by atoms with Crippen molar-refractivity contribution in [1.82, 2.24) is 0 Å². The summed E-state index contributed by atoms with van der Waals surface area (Å²) in [7, 11) is 0. The van der Waals surface area contributed by atoms with Crippen LogP contribution in [-0.4, -0.2) is 16.1 Å². The topological polar surface area (TPSA) is 111 Å². The second kappa shape index (κ2) is 6.09. The first kappa shape index (κ1) is 15.5. The molecule has 0 atom stereocenters. The zero-order valence-electron chi connectivity index (χ0n) is 11.5. The number of hydrogen-bond acceptors (Lipinski definition) is 6. The molecule has 0 amide bonds. The van der Waals surface area contributed by atoms with E-state index in [4.69, 9.17) is 0 Å². The lowest BCUT2D eigenvalue weighted by atomic mass is 9.93. The summed E-state index contributed by atoms with van der Waals surface area (Å²) in [6, 6.07) is 3.36. The summed E-state index contributed by atoms with van der Waals surface area (Å²) in [5.41, 5.74) is 2.00. The molecule has 1 rings (SSSR count). The Kier molecular flexibility index (Phi) is 4.73. The molecule has 1 aromatic carbocycles. The molecule has 0 aliphatic rings. The summed E-state index contributed by atoms with van der Waals surface area (Å²) in [6.45, 7) is 6.11.